The Morgan fingerprint density at radius 1 is 0.463 bits per heavy atom. The Morgan fingerprint density at radius 2 is 1.02 bits per heavy atom. The molecule has 0 nitrogen and oxygen atoms in total. The van der Waals surface area contributed by atoms with E-state index >= 15 is 0 Å². The molecule has 6 aromatic carbocycles. The van der Waals surface area contributed by atoms with Crippen LogP contribution < -0.4 is 0 Å². The monoisotopic (exact) mass is 524 g/mol. The molecule has 1 aliphatic carbocycles. The summed E-state index contributed by atoms with van der Waals surface area (Å²) in [7, 11) is 0. The fraction of sp³-hybridized carbons (Fsp3) is 0.0732. The van der Waals surface area contributed by atoms with Crippen LogP contribution in [0.3, 0.4) is 0 Å². The zero-order valence-corrected chi connectivity index (χ0v) is 23.6. The highest BCUT2D eigenvalue weighted by Crippen LogP contribution is 2.51. The number of hydrogen-bond donors (Lipinski definition) is 0. The summed E-state index contributed by atoms with van der Waals surface area (Å²) in [6.07, 6.45) is 4.01. The lowest BCUT2D eigenvalue weighted by molar-refractivity contribution is 0.660. The Labute approximate surface area is 243 Å². The molecule has 196 valence electrons. The number of rotatable bonds is 5. The van der Waals surface area contributed by atoms with Crippen LogP contribution in [0.15, 0.2) is 134 Å². The Bertz CT molecular complexity index is 1970. The van der Waals surface area contributed by atoms with E-state index in [9.17, 15) is 0 Å². The van der Waals surface area contributed by atoms with Gasteiger partial charge in [-0.25, -0.2) is 0 Å². The summed E-state index contributed by atoms with van der Waals surface area (Å²) in [6, 6.07) is 44.0. The van der Waals surface area contributed by atoms with E-state index in [-0.39, 0.29) is 5.41 Å². The first-order valence-corrected chi connectivity index (χ1v) is 14.3. The minimum absolute atomic E-state index is 0.0716. The molecule has 0 aromatic heterocycles. The summed E-state index contributed by atoms with van der Waals surface area (Å²) >= 11 is 0. The van der Waals surface area contributed by atoms with E-state index in [1.54, 1.807) is 0 Å². The first kappa shape index (κ1) is 25.1. The van der Waals surface area contributed by atoms with Gasteiger partial charge in [0.05, 0.1) is 0 Å². The van der Waals surface area contributed by atoms with E-state index in [4.69, 9.17) is 0 Å². The van der Waals surface area contributed by atoms with Crippen LogP contribution in [0.25, 0.3) is 67.4 Å². The van der Waals surface area contributed by atoms with Crippen molar-refractivity contribution >= 4 is 22.9 Å². The van der Waals surface area contributed by atoms with Gasteiger partial charge < -0.3 is 0 Å². The van der Waals surface area contributed by atoms with Gasteiger partial charge >= 0.3 is 0 Å². The van der Waals surface area contributed by atoms with Crippen molar-refractivity contribution in [2.24, 2.45) is 0 Å². The molecule has 1 aliphatic rings. The van der Waals surface area contributed by atoms with Crippen LogP contribution in [0.1, 0.15) is 36.1 Å². The normalized spacial score (nSPS) is 13.0. The van der Waals surface area contributed by atoms with Crippen LogP contribution in [0.4, 0.5) is 0 Å². The molecule has 0 unspecified atom stereocenters. The third kappa shape index (κ3) is 3.83. The standard InChI is InChI=1S/C41H32/c1-5-31-32(6-2)40(30-22-23-34-33-19-13-14-20-37(33)41(3,4)38(34)26-30)35-24-21-29(27-15-9-7-10-16-27)25-36(35)39(31)28-17-11-8-12-18-28/h5-26H,1-2H2,3-4H3. The molecular formula is C41H32. The number of hydrogen-bond acceptors (Lipinski definition) is 0. The lowest BCUT2D eigenvalue weighted by Gasteiger charge is -2.24. The lowest BCUT2D eigenvalue weighted by atomic mass is 9.79. The minimum atomic E-state index is -0.0716. The van der Waals surface area contributed by atoms with Crippen molar-refractivity contribution in [2.45, 2.75) is 19.3 Å². The van der Waals surface area contributed by atoms with Crippen molar-refractivity contribution in [1.29, 1.82) is 0 Å². The van der Waals surface area contributed by atoms with Crippen LogP contribution in [-0.4, -0.2) is 0 Å². The van der Waals surface area contributed by atoms with E-state index in [1.807, 2.05) is 12.2 Å². The molecular weight excluding hydrogens is 492 g/mol. The summed E-state index contributed by atoms with van der Waals surface area (Å²) in [5.74, 6) is 0. The highest BCUT2D eigenvalue weighted by Gasteiger charge is 2.35. The molecule has 0 atom stereocenters. The molecule has 41 heavy (non-hydrogen) atoms. The maximum absolute atomic E-state index is 4.32. The maximum Gasteiger partial charge on any atom is 0.0159 e. The second-order valence-corrected chi connectivity index (χ2v) is 11.4. The lowest BCUT2D eigenvalue weighted by Crippen LogP contribution is -2.15. The van der Waals surface area contributed by atoms with Gasteiger partial charge in [0, 0.05) is 5.41 Å². The van der Waals surface area contributed by atoms with Crippen LogP contribution in [0.5, 0.6) is 0 Å². The van der Waals surface area contributed by atoms with Crippen molar-refractivity contribution in [3.05, 3.63) is 157 Å². The first-order valence-electron chi connectivity index (χ1n) is 14.3. The van der Waals surface area contributed by atoms with Gasteiger partial charge in [-0.1, -0.05) is 148 Å². The fourth-order valence-electron chi connectivity index (χ4n) is 6.85. The van der Waals surface area contributed by atoms with Gasteiger partial charge in [-0.05, 0) is 89.7 Å². The van der Waals surface area contributed by atoms with Crippen molar-refractivity contribution in [2.75, 3.05) is 0 Å². The molecule has 0 bridgehead atoms. The zero-order chi connectivity index (χ0) is 28.1. The Morgan fingerprint density at radius 3 is 1.71 bits per heavy atom. The van der Waals surface area contributed by atoms with Crippen LogP contribution >= 0.6 is 0 Å². The SMILES string of the molecule is C=Cc1c(C=C)c(-c2ccccc2)c2cc(-c3ccccc3)ccc2c1-c1ccc2c(c1)C(C)(C)c1ccccc1-2. The predicted octanol–water partition coefficient (Wildman–Crippen LogP) is 11.4. The van der Waals surface area contributed by atoms with Gasteiger partial charge in [0.15, 0.2) is 0 Å². The van der Waals surface area contributed by atoms with Crippen molar-refractivity contribution < 1.29 is 0 Å². The van der Waals surface area contributed by atoms with Gasteiger partial charge in [0.1, 0.15) is 0 Å². The largest absolute Gasteiger partial charge is 0.0984 e. The van der Waals surface area contributed by atoms with Crippen molar-refractivity contribution in [1.82, 2.24) is 0 Å². The summed E-state index contributed by atoms with van der Waals surface area (Å²) < 4.78 is 0. The molecule has 0 heteroatoms. The quantitative estimate of drug-likeness (QED) is 0.210. The smallest absolute Gasteiger partial charge is 0.0159 e. The van der Waals surface area contributed by atoms with Crippen LogP contribution in [-0.2, 0) is 5.41 Å². The molecule has 0 aliphatic heterocycles. The molecule has 0 amide bonds. The summed E-state index contributed by atoms with van der Waals surface area (Å²) in [5, 5.41) is 2.44. The molecule has 6 aromatic rings. The summed E-state index contributed by atoms with van der Waals surface area (Å²) in [4.78, 5) is 0. The Kier molecular flexibility index (Phi) is 5.87. The van der Waals surface area contributed by atoms with Crippen molar-refractivity contribution in [3.63, 3.8) is 0 Å². The van der Waals surface area contributed by atoms with Crippen LogP contribution in [0.2, 0.25) is 0 Å². The third-order valence-corrected chi connectivity index (χ3v) is 8.84. The fourth-order valence-corrected chi connectivity index (χ4v) is 6.85. The first-order chi connectivity index (χ1) is 20.0. The highest BCUT2D eigenvalue weighted by atomic mass is 14.4. The van der Waals surface area contributed by atoms with Gasteiger partial charge in [-0.2, -0.15) is 0 Å². The number of benzene rings is 6. The zero-order valence-electron chi connectivity index (χ0n) is 23.6. The minimum Gasteiger partial charge on any atom is -0.0984 e. The van der Waals surface area contributed by atoms with Crippen molar-refractivity contribution in [3.8, 4) is 44.5 Å². The van der Waals surface area contributed by atoms with Crippen LogP contribution in [0, 0.1) is 0 Å². The summed E-state index contributed by atoms with van der Waals surface area (Å²) in [6.45, 7) is 13.3. The van der Waals surface area contributed by atoms with E-state index in [2.05, 4.69) is 148 Å². The topological polar surface area (TPSA) is 0 Å². The molecule has 0 spiro atoms. The molecule has 0 heterocycles. The highest BCUT2D eigenvalue weighted by molar-refractivity contribution is 6.13. The Balaban J connectivity index is 1.57. The summed E-state index contributed by atoms with van der Waals surface area (Å²) in [5.41, 5.74) is 14.8. The van der Waals surface area contributed by atoms with Gasteiger partial charge in [-0.15, -0.1) is 0 Å². The molecule has 0 saturated carbocycles. The van der Waals surface area contributed by atoms with Gasteiger partial charge in [-0.3, -0.25) is 0 Å². The second-order valence-electron chi connectivity index (χ2n) is 11.4. The average Bonchev–Trinajstić information content (AvgIpc) is 3.26. The second kappa shape index (κ2) is 9.61. The molecule has 0 N–H and O–H groups in total. The molecule has 0 fully saturated rings. The van der Waals surface area contributed by atoms with E-state index in [1.165, 1.54) is 66.4 Å². The third-order valence-electron chi connectivity index (χ3n) is 8.84. The van der Waals surface area contributed by atoms with E-state index in [0.29, 0.717) is 0 Å². The average molecular weight is 525 g/mol. The van der Waals surface area contributed by atoms with Gasteiger partial charge in [0.2, 0.25) is 0 Å². The number of fused-ring (bicyclic) bond motifs is 4. The Hall–Kier alpha value is -4.94. The molecule has 7 rings (SSSR count). The van der Waals surface area contributed by atoms with E-state index < -0.39 is 0 Å². The maximum atomic E-state index is 4.32. The molecule has 0 saturated heterocycles. The predicted molar refractivity (Wildman–Crippen MR) is 178 cm³/mol. The van der Waals surface area contributed by atoms with Gasteiger partial charge in [0.25, 0.3) is 0 Å². The molecule has 0 radical (unpaired) electrons. The van der Waals surface area contributed by atoms with E-state index in [0.717, 1.165) is 11.1 Å².